The summed E-state index contributed by atoms with van der Waals surface area (Å²) >= 11 is 0. The van der Waals surface area contributed by atoms with Gasteiger partial charge in [0.15, 0.2) is 0 Å². The number of hydrogen-bond donors (Lipinski definition) is 0. The first-order valence-electron chi connectivity index (χ1n) is 2.41. The van der Waals surface area contributed by atoms with E-state index in [1.165, 1.54) is 28.3 Å². The van der Waals surface area contributed by atoms with Crippen molar-refractivity contribution >= 4 is 10.2 Å². The van der Waals surface area contributed by atoms with Gasteiger partial charge in [0.2, 0.25) is 0 Å². The Morgan fingerprint density at radius 3 is 2.33 bits per heavy atom. The fourth-order valence-corrected chi connectivity index (χ4v) is 0.927. The molecule has 0 aromatic rings. The maximum Gasteiger partial charge on any atom is 0.0325 e. The summed E-state index contributed by atoms with van der Waals surface area (Å²) in [7, 11) is 1.18. The average Bonchev–Trinajstić information content (AvgIpc) is 1.35. The van der Waals surface area contributed by atoms with Crippen molar-refractivity contribution < 1.29 is 0 Å². The normalized spacial score (nSPS) is 8.83. The molecule has 0 aromatic heterocycles. The summed E-state index contributed by atoms with van der Waals surface area (Å²) in [5.74, 6) is 0. The molecule has 0 aliphatic rings. The molecule has 0 spiro atoms. The highest BCUT2D eigenvalue weighted by Gasteiger charge is 1.76. The van der Waals surface area contributed by atoms with Crippen molar-refractivity contribution in [3.8, 4) is 0 Å². The second kappa shape index (κ2) is 3.16. The van der Waals surface area contributed by atoms with Gasteiger partial charge in [-0.1, -0.05) is 18.5 Å². The summed E-state index contributed by atoms with van der Waals surface area (Å²) < 4.78 is 0. The predicted molar refractivity (Wildman–Crippen MR) is 34.0 cm³/mol. The molecule has 0 radical (unpaired) electrons. The van der Waals surface area contributed by atoms with Crippen molar-refractivity contribution in [1.82, 2.24) is 0 Å². The van der Waals surface area contributed by atoms with Crippen LogP contribution < -0.4 is 0 Å². The van der Waals surface area contributed by atoms with E-state index in [2.05, 4.69) is 13.5 Å². The van der Waals surface area contributed by atoms with E-state index in [1.807, 2.05) is 0 Å². The minimum Gasteiger partial charge on any atom is -0.105 e. The van der Waals surface area contributed by atoms with Crippen molar-refractivity contribution in [1.29, 1.82) is 0 Å². The second-order valence-corrected chi connectivity index (χ2v) is 3.12. The van der Waals surface area contributed by atoms with Gasteiger partial charge in [-0.3, -0.25) is 0 Å². The molecular formula is C5H12Si. The third-order valence-electron chi connectivity index (χ3n) is 0.677. The van der Waals surface area contributed by atoms with E-state index in [9.17, 15) is 0 Å². The highest BCUT2D eigenvalue weighted by Crippen LogP contribution is 1.92. The molecule has 0 aromatic carbocycles. The van der Waals surface area contributed by atoms with Crippen molar-refractivity contribution in [2.75, 3.05) is 0 Å². The zero-order valence-electron chi connectivity index (χ0n) is 4.62. The van der Waals surface area contributed by atoms with Gasteiger partial charge in [0.1, 0.15) is 0 Å². The Bertz CT molecular complexity index is 47.9. The number of rotatable bonds is 2. The Morgan fingerprint density at radius 1 is 1.83 bits per heavy atom. The van der Waals surface area contributed by atoms with Gasteiger partial charge in [-0.15, -0.1) is 6.58 Å². The van der Waals surface area contributed by atoms with Crippen LogP contribution in [-0.4, -0.2) is 10.2 Å². The van der Waals surface area contributed by atoms with Gasteiger partial charge < -0.3 is 0 Å². The van der Waals surface area contributed by atoms with Crippen molar-refractivity contribution in [3.05, 3.63) is 11.8 Å². The van der Waals surface area contributed by atoms with Gasteiger partial charge in [0, 0.05) is 10.2 Å². The van der Waals surface area contributed by atoms with Gasteiger partial charge >= 0.3 is 0 Å². The number of hydrogen-bond acceptors (Lipinski definition) is 0. The molecule has 36 valence electrons. The molecule has 0 heterocycles. The van der Waals surface area contributed by atoms with E-state index in [1.54, 1.807) is 0 Å². The fraction of sp³-hybridized carbons (Fsp3) is 0.600. The zero-order valence-corrected chi connectivity index (χ0v) is 6.62. The third kappa shape index (κ3) is 3.96. The summed E-state index contributed by atoms with van der Waals surface area (Å²) in [6, 6.07) is 0. The minimum atomic E-state index is 1.18. The van der Waals surface area contributed by atoms with Crippen molar-refractivity contribution in [3.63, 3.8) is 0 Å². The first-order valence-corrected chi connectivity index (χ1v) is 3.41. The molecule has 0 aliphatic carbocycles. The molecule has 0 saturated heterocycles. The van der Waals surface area contributed by atoms with Crippen LogP contribution in [0.3, 0.4) is 0 Å². The van der Waals surface area contributed by atoms with Gasteiger partial charge in [-0.05, 0) is 6.42 Å². The van der Waals surface area contributed by atoms with Gasteiger partial charge in [0.25, 0.3) is 0 Å². The summed E-state index contributed by atoms with van der Waals surface area (Å²) in [5.41, 5.74) is 0. The molecule has 0 saturated carbocycles. The molecule has 0 rings (SSSR count). The van der Waals surface area contributed by atoms with Crippen LogP contribution in [0.4, 0.5) is 0 Å². The first kappa shape index (κ1) is 5.96. The smallest absolute Gasteiger partial charge is 0.0325 e. The van der Waals surface area contributed by atoms with Gasteiger partial charge in [-0.25, -0.2) is 0 Å². The topological polar surface area (TPSA) is 0 Å². The van der Waals surface area contributed by atoms with E-state index in [0.717, 1.165) is 0 Å². The first-order chi connectivity index (χ1) is 2.77. The third-order valence-corrected chi connectivity index (χ3v) is 1.18. The molecule has 1 heteroatoms. The lowest BCUT2D eigenvalue weighted by Gasteiger charge is -1.87. The van der Waals surface area contributed by atoms with Gasteiger partial charge in [-0.2, -0.15) is 0 Å². The van der Waals surface area contributed by atoms with Crippen molar-refractivity contribution in [2.24, 2.45) is 0 Å². The molecule has 0 atom stereocenters. The highest BCUT2D eigenvalue weighted by molar-refractivity contribution is 6.21. The summed E-state index contributed by atoms with van der Waals surface area (Å²) in [5, 5.41) is 1.43. The Balaban J connectivity index is 2.83. The van der Waals surface area contributed by atoms with Crippen LogP contribution in [0.2, 0.25) is 0 Å². The fourth-order valence-electron chi connectivity index (χ4n) is 0.427. The van der Waals surface area contributed by atoms with Crippen LogP contribution in [0.1, 0.15) is 19.8 Å². The Kier molecular flexibility index (Phi) is 3.14. The van der Waals surface area contributed by atoms with Gasteiger partial charge in [0.05, 0.1) is 0 Å². The van der Waals surface area contributed by atoms with Crippen LogP contribution >= 0.6 is 0 Å². The molecule has 0 fully saturated rings. The molecule has 0 unspecified atom stereocenters. The van der Waals surface area contributed by atoms with Crippen molar-refractivity contribution in [2.45, 2.75) is 19.8 Å². The lowest BCUT2D eigenvalue weighted by atomic mass is 10.3. The monoisotopic (exact) mass is 100 g/mol. The molecule has 0 aliphatic heterocycles. The molecular weight excluding hydrogens is 88.1 g/mol. The predicted octanol–water partition coefficient (Wildman–Crippen LogP) is 0.666. The average molecular weight is 100 g/mol. The Hall–Kier alpha value is -0.0431. The summed E-state index contributed by atoms with van der Waals surface area (Å²) in [4.78, 5) is 0. The van der Waals surface area contributed by atoms with Crippen LogP contribution in [0.15, 0.2) is 11.8 Å². The summed E-state index contributed by atoms with van der Waals surface area (Å²) in [6.45, 7) is 5.99. The quantitative estimate of drug-likeness (QED) is 0.447. The van der Waals surface area contributed by atoms with E-state index in [0.29, 0.717) is 0 Å². The Morgan fingerprint density at radius 2 is 2.33 bits per heavy atom. The number of allylic oxidation sites excluding steroid dienone is 1. The SMILES string of the molecule is C=C([SiH3])CCC. The van der Waals surface area contributed by atoms with E-state index < -0.39 is 0 Å². The highest BCUT2D eigenvalue weighted by atomic mass is 28.1. The molecule has 0 amide bonds. The van der Waals surface area contributed by atoms with E-state index >= 15 is 0 Å². The van der Waals surface area contributed by atoms with Crippen LogP contribution in [-0.2, 0) is 0 Å². The molecule has 0 bridgehead atoms. The largest absolute Gasteiger partial charge is 0.105 e. The summed E-state index contributed by atoms with van der Waals surface area (Å²) in [6.07, 6.45) is 2.51. The van der Waals surface area contributed by atoms with Crippen LogP contribution in [0, 0.1) is 0 Å². The zero-order chi connectivity index (χ0) is 4.99. The molecule has 0 N–H and O–H groups in total. The van der Waals surface area contributed by atoms with E-state index in [-0.39, 0.29) is 0 Å². The maximum atomic E-state index is 3.81. The maximum absolute atomic E-state index is 3.81. The minimum absolute atomic E-state index is 1.18. The molecule has 6 heavy (non-hydrogen) atoms. The lowest BCUT2D eigenvalue weighted by molar-refractivity contribution is 0.947. The standard InChI is InChI=1S/C5H12Si/c1-3-4-5(2)6/h2-4H2,1,6H3. The molecule has 0 nitrogen and oxygen atoms in total. The second-order valence-electron chi connectivity index (χ2n) is 1.71. The van der Waals surface area contributed by atoms with Crippen LogP contribution in [0.25, 0.3) is 0 Å². The lowest BCUT2D eigenvalue weighted by Crippen LogP contribution is -1.73. The Labute approximate surface area is 42.7 Å². The van der Waals surface area contributed by atoms with Crippen LogP contribution in [0.5, 0.6) is 0 Å². The van der Waals surface area contributed by atoms with E-state index in [4.69, 9.17) is 0 Å².